The maximum atomic E-state index is 12.7. The third-order valence-electron chi connectivity index (χ3n) is 5.10. The first-order chi connectivity index (χ1) is 13.6. The maximum Gasteiger partial charge on any atom is 0.232 e. The molecule has 0 radical (unpaired) electrons. The molecule has 150 valence electrons. The highest BCUT2D eigenvalue weighted by atomic mass is 32.2. The third kappa shape index (κ3) is 6.09. The van der Waals surface area contributed by atoms with Gasteiger partial charge in [-0.3, -0.25) is 9.69 Å². The molecule has 1 N–H and O–H groups in total. The van der Waals surface area contributed by atoms with Crippen LogP contribution < -0.4 is 5.32 Å². The lowest BCUT2D eigenvalue weighted by Crippen LogP contribution is -2.44. The molecule has 1 aliphatic rings. The number of rotatable bonds is 8. The quantitative estimate of drug-likeness (QED) is 0.734. The summed E-state index contributed by atoms with van der Waals surface area (Å²) in [7, 11) is 0. The Morgan fingerprint density at radius 1 is 1.14 bits per heavy atom. The van der Waals surface area contributed by atoms with Crippen LogP contribution in [-0.2, 0) is 15.3 Å². The van der Waals surface area contributed by atoms with Gasteiger partial charge in [-0.1, -0.05) is 60.2 Å². The molecule has 1 amide bonds. The topological polar surface area (TPSA) is 41.6 Å². The molecule has 0 unspecified atom stereocenters. The maximum absolute atomic E-state index is 12.7. The van der Waals surface area contributed by atoms with E-state index in [9.17, 15) is 4.79 Å². The van der Waals surface area contributed by atoms with Gasteiger partial charge in [0.05, 0.1) is 24.5 Å². The number of nitrogens with one attached hydrogen (secondary N) is 1. The van der Waals surface area contributed by atoms with Crippen LogP contribution in [0.5, 0.6) is 0 Å². The molecule has 1 fully saturated rings. The fourth-order valence-corrected chi connectivity index (χ4v) is 4.31. The van der Waals surface area contributed by atoms with Crippen molar-refractivity contribution in [2.75, 3.05) is 32.8 Å². The Hall–Kier alpha value is -1.82. The number of benzene rings is 2. The average molecular weight is 399 g/mol. The van der Waals surface area contributed by atoms with Crippen molar-refractivity contribution in [2.24, 2.45) is 0 Å². The first-order valence-electron chi connectivity index (χ1n) is 9.95. The standard InChI is InChI=1S/C23H30N2O2S/c1-18-7-6-10-21(15-18)22(25-11-13-27-14-12-25)16-24-23(26)19(2)28-17-20-8-4-3-5-9-20/h3-10,15,19,22H,11-14,16-17H2,1-2H3,(H,24,26)/t19-,22+/m1/s1. The molecule has 2 aromatic carbocycles. The predicted octanol–water partition coefficient (Wildman–Crippen LogP) is 3.81. The van der Waals surface area contributed by atoms with Crippen LogP contribution in [0, 0.1) is 6.92 Å². The van der Waals surface area contributed by atoms with E-state index in [1.807, 2.05) is 25.1 Å². The smallest absolute Gasteiger partial charge is 0.232 e. The molecule has 4 nitrogen and oxygen atoms in total. The second-order valence-corrected chi connectivity index (χ2v) is 8.59. The Morgan fingerprint density at radius 2 is 1.89 bits per heavy atom. The van der Waals surface area contributed by atoms with Crippen molar-refractivity contribution < 1.29 is 9.53 Å². The minimum absolute atomic E-state index is 0.0805. The van der Waals surface area contributed by atoms with Crippen LogP contribution in [0.1, 0.15) is 29.7 Å². The van der Waals surface area contributed by atoms with Crippen molar-refractivity contribution in [3.05, 3.63) is 71.3 Å². The summed E-state index contributed by atoms with van der Waals surface area (Å²) in [6, 6.07) is 19.1. The van der Waals surface area contributed by atoms with E-state index >= 15 is 0 Å². The highest BCUT2D eigenvalue weighted by Crippen LogP contribution is 2.23. The van der Waals surface area contributed by atoms with Gasteiger partial charge in [0.25, 0.3) is 0 Å². The van der Waals surface area contributed by atoms with E-state index in [0.29, 0.717) is 6.54 Å². The summed E-state index contributed by atoms with van der Waals surface area (Å²) < 4.78 is 5.51. The lowest BCUT2D eigenvalue weighted by molar-refractivity contribution is -0.120. The molecule has 1 heterocycles. The molecule has 28 heavy (non-hydrogen) atoms. The van der Waals surface area contributed by atoms with Crippen LogP contribution in [0.4, 0.5) is 0 Å². The monoisotopic (exact) mass is 398 g/mol. The van der Waals surface area contributed by atoms with Crippen molar-refractivity contribution in [2.45, 2.75) is 30.9 Å². The van der Waals surface area contributed by atoms with Crippen molar-refractivity contribution in [1.29, 1.82) is 0 Å². The van der Waals surface area contributed by atoms with Crippen LogP contribution in [-0.4, -0.2) is 48.9 Å². The third-order valence-corrected chi connectivity index (χ3v) is 6.31. The number of ether oxygens (including phenoxy) is 1. The highest BCUT2D eigenvalue weighted by molar-refractivity contribution is 7.99. The number of carbonyl (C=O) groups is 1. The fraction of sp³-hybridized carbons (Fsp3) is 0.435. The van der Waals surface area contributed by atoms with E-state index in [1.165, 1.54) is 16.7 Å². The van der Waals surface area contributed by atoms with Gasteiger partial charge in [-0.05, 0) is 25.0 Å². The van der Waals surface area contributed by atoms with Crippen molar-refractivity contribution in [3.63, 3.8) is 0 Å². The van der Waals surface area contributed by atoms with Crippen LogP contribution in [0.2, 0.25) is 0 Å². The fourth-order valence-electron chi connectivity index (χ4n) is 3.44. The minimum atomic E-state index is -0.0805. The molecule has 2 atom stereocenters. The zero-order valence-electron chi connectivity index (χ0n) is 16.8. The molecular formula is C23H30N2O2S. The van der Waals surface area contributed by atoms with E-state index in [2.05, 4.69) is 53.5 Å². The summed E-state index contributed by atoms with van der Waals surface area (Å²) in [6.45, 7) is 8.01. The van der Waals surface area contributed by atoms with Crippen LogP contribution >= 0.6 is 11.8 Å². The first kappa shape index (κ1) is 20.9. The zero-order valence-corrected chi connectivity index (χ0v) is 17.6. The Balaban J connectivity index is 1.58. The van der Waals surface area contributed by atoms with Gasteiger partial charge in [0.15, 0.2) is 0 Å². The number of amides is 1. The molecule has 0 aromatic heterocycles. The summed E-state index contributed by atoms with van der Waals surface area (Å²) in [5, 5.41) is 3.11. The predicted molar refractivity (Wildman–Crippen MR) is 117 cm³/mol. The number of aryl methyl sites for hydroxylation is 1. The Bertz CT molecular complexity index is 747. The minimum Gasteiger partial charge on any atom is -0.379 e. The van der Waals surface area contributed by atoms with E-state index in [1.54, 1.807) is 11.8 Å². The van der Waals surface area contributed by atoms with Crippen LogP contribution in [0.25, 0.3) is 0 Å². The number of thioether (sulfide) groups is 1. The normalized spacial score (nSPS) is 17.1. The van der Waals surface area contributed by atoms with Crippen molar-refractivity contribution in [3.8, 4) is 0 Å². The summed E-state index contributed by atoms with van der Waals surface area (Å²) in [5.41, 5.74) is 3.75. The molecule has 3 rings (SSSR count). The molecule has 1 aliphatic heterocycles. The lowest BCUT2D eigenvalue weighted by Gasteiger charge is -2.35. The van der Waals surface area contributed by atoms with Crippen LogP contribution in [0.15, 0.2) is 54.6 Å². The number of hydrogen-bond acceptors (Lipinski definition) is 4. The molecule has 2 aromatic rings. The van der Waals surface area contributed by atoms with Gasteiger partial charge >= 0.3 is 0 Å². The summed E-state index contributed by atoms with van der Waals surface area (Å²) >= 11 is 1.68. The van der Waals surface area contributed by atoms with Gasteiger partial charge in [0, 0.05) is 25.4 Å². The number of nitrogens with zero attached hydrogens (tertiary/aromatic N) is 1. The zero-order chi connectivity index (χ0) is 19.8. The first-order valence-corrected chi connectivity index (χ1v) is 11.0. The molecule has 1 saturated heterocycles. The van der Waals surface area contributed by atoms with E-state index in [0.717, 1.165) is 32.1 Å². The molecular weight excluding hydrogens is 368 g/mol. The Kier molecular flexibility index (Phi) is 7.95. The SMILES string of the molecule is Cc1cccc([C@H](CNC(=O)[C@@H](C)SCc2ccccc2)N2CCOCC2)c1. The van der Waals surface area contributed by atoms with E-state index < -0.39 is 0 Å². The molecule has 5 heteroatoms. The van der Waals surface area contributed by atoms with E-state index in [-0.39, 0.29) is 17.2 Å². The Labute approximate surface area is 172 Å². The average Bonchev–Trinajstić information content (AvgIpc) is 2.73. The highest BCUT2D eigenvalue weighted by Gasteiger charge is 2.24. The summed E-state index contributed by atoms with van der Waals surface area (Å²) in [5.74, 6) is 0.951. The molecule has 0 bridgehead atoms. The molecule has 0 spiro atoms. The van der Waals surface area contributed by atoms with Gasteiger partial charge in [0.2, 0.25) is 5.91 Å². The second-order valence-electron chi connectivity index (χ2n) is 7.26. The van der Waals surface area contributed by atoms with Crippen molar-refractivity contribution >= 4 is 17.7 Å². The largest absolute Gasteiger partial charge is 0.379 e. The summed E-state index contributed by atoms with van der Waals surface area (Å²) in [4.78, 5) is 15.1. The molecule has 0 saturated carbocycles. The van der Waals surface area contributed by atoms with Gasteiger partial charge < -0.3 is 10.1 Å². The van der Waals surface area contributed by atoms with E-state index in [4.69, 9.17) is 4.74 Å². The number of hydrogen-bond donors (Lipinski definition) is 1. The van der Waals surface area contributed by atoms with Gasteiger partial charge in [-0.25, -0.2) is 0 Å². The Morgan fingerprint density at radius 3 is 2.61 bits per heavy atom. The van der Waals surface area contributed by atoms with Gasteiger partial charge in [0.1, 0.15) is 0 Å². The lowest BCUT2D eigenvalue weighted by atomic mass is 10.0. The van der Waals surface area contributed by atoms with Gasteiger partial charge in [-0.15, -0.1) is 11.8 Å². The molecule has 0 aliphatic carbocycles. The van der Waals surface area contributed by atoms with Crippen molar-refractivity contribution in [1.82, 2.24) is 10.2 Å². The second kappa shape index (κ2) is 10.6. The summed E-state index contributed by atoms with van der Waals surface area (Å²) in [6.07, 6.45) is 0. The number of morpholine rings is 1. The van der Waals surface area contributed by atoms with Gasteiger partial charge in [-0.2, -0.15) is 0 Å². The number of carbonyl (C=O) groups excluding carboxylic acids is 1. The van der Waals surface area contributed by atoms with Crippen LogP contribution in [0.3, 0.4) is 0 Å².